The third kappa shape index (κ3) is 7.00. The van der Waals surface area contributed by atoms with Crippen molar-refractivity contribution in [2.45, 2.75) is 58.8 Å². The Morgan fingerprint density at radius 2 is 2.11 bits per heavy atom. The van der Waals surface area contributed by atoms with Gasteiger partial charge in [0.1, 0.15) is 0 Å². The summed E-state index contributed by atoms with van der Waals surface area (Å²) in [6, 6.07) is 11.8. The first-order valence-corrected chi connectivity index (χ1v) is 10.7. The van der Waals surface area contributed by atoms with Gasteiger partial charge in [-0.05, 0) is 39.2 Å². The fraction of sp³-hybridized carbons (Fsp3) is 0.524. The van der Waals surface area contributed by atoms with E-state index >= 15 is 0 Å². The van der Waals surface area contributed by atoms with E-state index in [1.807, 2.05) is 13.1 Å². The number of nitrogens with zero attached hydrogens (tertiary/aromatic N) is 3. The largest absolute Gasteiger partial charge is 0.357 e. The molecule has 2 atom stereocenters. The van der Waals surface area contributed by atoms with Gasteiger partial charge in [0, 0.05) is 42.8 Å². The Kier molecular flexibility index (Phi) is 9.67. The lowest BCUT2D eigenvalue weighted by molar-refractivity contribution is 0.134. The minimum absolute atomic E-state index is 0. The number of aryl methyl sites for hydroxylation is 1. The summed E-state index contributed by atoms with van der Waals surface area (Å²) >= 11 is 1.72. The molecule has 1 aliphatic heterocycles. The van der Waals surface area contributed by atoms with E-state index in [2.05, 4.69) is 64.7 Å². The van der Waals surface area contributed by atoms with E-state index in [9.17, 15) is 0 Å². The van der Waals surface area contributed by atoms with Gasteiger partial charge in [-0.3, -0.25) is 4.90 Å². The van der Waals surface area contributed by atoms with Gasteiger partial charge in [0.2, 0.25) is 0 Å². The molecule has 2 unspecified atom stereocenters. The van der Waals surface area contributed by atoms with E-state index in [0.29, 0.717) is 18.6 Å². The van der Waals surface area contributed by atoms with Crippen molar-refractivity contribution in [3.8, 4) is 0 Å². The Morgan fingerprint density at radius 3 is 2.75 bits per heavy atom. The predicted molar refractivity (Wildman–Crippen MR) is 130 cm³/mol. The Bertz CT molecular complexity index is 733. The van der Waals surface area contributed by atoms with Crippen molar-refractivity contribution in [1.82, 2.24) is 20.5 Å². The summed E-state index contributed by atoms with van der Waals surface area (Å²) < 4.78 is 0. The van der Waals surface area contributed by atoms with Crippen LogP contribution in [-0.4, -0.2) is 41.0 Å². The Labute approximate surface area is 190 Å². The summed E-state index contributed by atoms with van der Waals surface area (Å²) in [5, 5.41) is 8.12. The molecule has 1 saturated heterocycles. The number of rotatable bonds is 6. The maximum atomic E-state index is 4.75. The molecule has 0 radical (unpaired) electrons. The molecule has 0 amide bonds. The second-order valence-electron chi connectivity index (χ2n) is 7.21. The quantitative estimate of drug-likeness (QED) is 0.346. The zero-order chi connectivity index (χ0) is 19.1. The van der Waals surface area contributed by atoms with Gasteiger partial charge in [-0.25, -0.2) is 9.98 Å². The van der Waals surface area contributed by atoms with Crippen LogP contribution in [0.5, 0.6) is 0 Å². The van der Waals surface area contributed by atoms with Crippen LogP contribution in [0.2, 0.25) is 0 Å². The maximum absolute atomic E-state index is 4.75. The molecule has 1 aromatic carbocycles. The predicted octanol–water partition coefficient (Wildman–Crippen LogP) is 4.18. The normalized spacial score (nSPS) is 20.5. The standard InChI is InChI=1S/C21H31N5S.HI/c1-4-22-21(24-14-20-13-23-17(3)27-20)25-19-10-11-26(16(2)12-19)15-18-8-6-5-7-9-18;/h5-9,13,16,19H,4,10-12,14-15H2,1-3H3,(H2,22,24,25);1H. The lowest BCUT2D eigenvalue weighted by Crippen LogP contribution is -2.51. The number of aromatic nitrogens is 1. The monoisotopic (exact) mass is 513 g/mol. The van der Waals surface area contributed by atoms with Crippen LogP contribution >= 0.6 is 35.3 Å². The molecule has 2 N–H and O–H groups in total. The summed E-state index contributed by atoms with van der Waals surface area (Å²) in [7, 11) is 0. The molecule has 0 saturated carbocycles. The molecule has 1 aliphatic rings. The average Bonchev–Trinajstić information content (AvgIpc) is 3.08. The fourth-order valence-corrected chi connectivity index (χ4v) is 4.27. The first-order chi connectivity index (χ1) is 13.1. The molecule has 2 aromatic rings. The van der Waals surface area contributed by atoms with E-state index in [1.54, 1.807) is 11.3 Å². The summed E-state index contributed by atoms with van der Waals surface area (Å²) in [4.78, 5) is 12.9. The SMILES string of the molecule is CCNC(=NCc1cnc(C)s1)NC1CCN(Cc2ccccc2)C(C)C1.I. The lowest BCUT2D eigenvalue weighted by Gasteiger charge is -2.38. The highest BCUT2D eigenvalue weighted by Gasteiger charge is 2.25. The number of halogens is 1. The molecule has 0 spiro atoms. The minimum Gasteiger partial charge on any atom is -0.357 e. The van der Waals surface area contributed by atoms with Crippen LogP contribution < -0.4 is 10.6 Å². The molecular formula is C21H32IN5S. The number of likely N-dealkylation sites (tertiary alicyclic amines) is 1. The molecule has 1 aromatic heterocycles. The molecular weight excluding hydrogens is 481 g/mol. The highest BCUT2D eigenvalue weighted by atomic mass is 127. The van der Waals surface area contributed by atoms with Crippen LogP contribution in [0.3, 0.4) is 0 Å². The molecule has 5 nitrogen and oxygen atoms in total. The molecule has 0 bridgehead atoms. The van der Waals surface area contributed by atoms with E-state index in [0.717, 1.165) is 43.4 Å². The number of benzene rings is 1. The van der Waals surface area contributed by atoms with Crippen molar-refractivity contribution in [3.63, 3.8) is 0 Å². The Morgan fingerprint density at radius 1 is 1.32 bits per heavy atom. The average molecular weight is 513 g/mol. The Balaban J connectivity index is 0.00000280. The fourth-order valence-electron chi connectivity index (χ4n) is 3.55. The molecule has 2 heterocycles. The van der Waals surface area contributed by atoms with Crippen LogP contribution in [-0.2, 0) is 13.1 Å². The molecule has 0 aliphatic carbocycles. The summed E-state index contributed by atoms with van der Waals surface area (Å²) in [5.41, 5.74) is 1.39. The van der Waals surface area contributed by atoms with Gasteiger partial charge in [-0.2, -0.15) is 0 Å². The summed E-state index contributed by atoms with van der Waals surface area (Å²) in [6.45, 7) is 10.2. The first kappa shape index (κ1) is 23.1. The lowest BCUT2D eigenvalue weighted by atomic mass is 9.97. The van der Waals surface area contributed by atoms with Gasteiger partial charge in [-0.1, -0.05) is 30.3 Å². The van der Waals surface area contributed by atoms with Crippen LogP contribution in [0.25, 0.3) is 0 Å². The zero-order valence-corrected chi connectivity index (χ0v) is 20.2. The van der Waals surface area contributed by atoms with E-state index in [4.69, 9.17) is 4.99 Å². The van der Waals surface area contributed by atoms with Gasteiger partial charge in [-0.15, -0.1) is 35.3 Å². The number of guanidine groups is 1. The maximum Gasteiger partial charge on any atom is 0.191 e. The third-order valence-electron chi connectivity index (χ3n) is 4.99. The highest BCUT2D eigenvalue weighted by Crippen LogP contribution is 2.20. The summed E-state index contributed by atoms with van der Waals surface area (Å²) in [6.07, 6.45) is 4.20. The van der Waals surface area contributed by atoms with Crippen molar-refractivity contribution >= 4 is 41.3 Å². The van der Waals surface area contributed by atoms with E-state index in [1.165, 1.54) is 10.4 Å². The van der Waals surface area contributed by atoms with E-state index in [-0.39, 0.29) is 24.0 Å². The molecule has 1 fully saturated rings. The van der Waals surface area contributed by atoms with Gasteiger partial charge in [0.05, 0.1) is 11.6 Å². The molecule has 28 heavy (non-hydrogen) atoms. The van der Waals surface area contributed by atoms with Crippen molar-refractivity contribution in [3.05, 3.63) is 52.0 Å². The topological polar surface area (TPSA) is 52.6 Å². The van der Waals surface area contributed by atoms with Gasteiger partial charge in [0.25, 0.3) is 0 Å². The van der Waals surface area contributed by atoms with Gasteiger partial charge in [0.15, 0.2) is 5.96 Å². The van der Waals surface area contributed by atoms with E-state index < -0.39 is 0 Å². The van der Waals surface area contributed by atoms with Crippen LogP contribution in [0.15, 0.2) is 41.5 Å². The van der Waals surface area contributed by atoms with Crippen molar-refractivity contribution in [1.29, 1.82) is 0 Å². The first-order valence-electron chi connectivity index (χ1n) is 9.88. The van der Waals surface area contributed by atoms with Crippen molar-refractivity contribution in [2.75, 3.05) is 13.1 Å². The number of hydrogen-bond donors (Lipinski definition) is 2. The molecule has 154 valence electrons. The zero-order valence-electron chi connectivity index (χ0n) is 17.0. The molecule has 7 heteroatoms. The van der Waals surface area contributed by atoms with Gasteiger partial charge >= 0.3 is 0 Å². The van der Waals surface area contributed by atoms with Crippen LogP contribution in [0, 0.1) is 6.92 Å². The third-order valence-corrected chi connectivity index (χ3v) is 5.89. The van der Waals surface area contributed by atoms with Crippen molar-refractivity contribution in [2.24, 2.45) is 4.99 Å². The van der Waals surface area contributed by atoms with Crippen LogP contribution in [0.1, 0.15) is 42.1 Å². The summed E-state index contributed by atoms with van der Waals surface area (Å²) in [5.74, 6) is 0.914. The van der Waals surface area contributed by atoms with Gasteiger partial charge < -0.3 is 10.6 Å². The number of thiazole rings is 1. The minimum atomic E-state index is 0. The second-order valence-corrected chi connectivity index (χ2v) is 8.53. The molecule has 3 rings (SSSR count). The second kappa shape index (κ2) is 11.7. The van der Waals surface area contributed by atoms with Crippen molar-refractivity contribution < 1.29 is 0 Å². The number of aliphatic imine (C=N–C) groups is 1. The Hall–Kier alpha value is -1.19. The number of nitrogens with one attached hydrogen (secondary N) is 2. The smallest absolute Gasteiger partial charge is 0.191 e. The number of hydrogen-bond acceptors (Lipinski definition) is 4. The van der Waals surface area contributed by atoms with Crippen LogP contribution in [0.4, 0.5) is 0 Å². The number of piperidine rings is 1. The highest BCUT2D eigenvalue weighted by molar-refractivity contribution is 14.0.